The molecule has 0 radical (unpaired) electrons. The van der Waals surface area contributed by atoms with E-state index in [1.165, 1.54) is 18.5 Å². The summed E-state index contributed by atoms with van der Waals surface area (Å²) in [6.45, 7) is 5.36. The number of aryl methyl sites for hydroxylation is 2. The van der Waals surface area contributed by atoms with Gasteiger partial charge in [0.05, 0.1) is 16.4 Å². The van der Waals surface area contributed by atoms with Crippen molar-refractivity contribution in [2.75, 3.05) is 13.6 Å². The van der Waals surface area contributed by atoms with Crippen molar-refractivity contribution in [2.24, 2.45) is 13.0 Å². The van der Waals surface area contributed by atoms with Crippen molar-refractivity contribution in [2.45, 2.75) is 39.5 Å². The van der Waals surface area contributed by atoms with Gasteiger partial charge in [0.15, 0.2) is 0 Å². The van der Waals surface area contributed by atoms with Crippen molar-refractivity contribution < 1.29 is 0 Å². The smallest absolute Gasteiger partial charge is 0.0849 e. The van der Waals surface area contributed by atoms with Crippen LogP contribution in [0.5, 0.6) is 0 Å². The Morgan fingerprint density at radius 1 is 1.41 bits per heavy atom. The zero-order valence-corrected chi connectivity index (χ0v) is 12.1. The van der Waals surface area contributed by atoms with Gasteiger partial charge in [-0.3, -0.25) is 4.68 Å². The Morgan fingerprint density at radius 2 is 2.12 bits per heavy atom. The summed E-state index contributed by atoms with van der Waals surface area (Å²) in [5.74, 6) is 0.641. The van der Waals surface area contributed by atoms with Crippen LogP contribution in [0.3, 0.4) is 0 Å². The van der Waals surface area contributed by atoms with Crippen molar-refractivity contribution >= 4 is 11.6 Å². The maximum Gasteiger partial charge on any atom is 0.0849 e. The Morgan fingerprint density at radius 3 is 2.59 bits per heavy atom. The van der Waals surface area contributed by atoms with E-state index in [1.807, 2.05) is 18.8 Å². The van der Waals surface area contributed by atoms with Gasteiger partial charge in [0, 0.05) is 7.05 Å². The molecular weight excluding hydrogens is 234 g/mol. The molecule has 0 saturated carbocycles. The van der Waals surface area contributed by atoms with E-state index >= 15 is 0 Å². The molecular formula is C13H24ClN3. The second-order valence-corrected chi connectivity index (χ2v) is 4.98. The monoisotopic (exact) mass is 257 g/mol. The van der Waals surface area contributed by atoms with Crippen molar-refractivity contribution in [1.29, 1.82) is 0 Å². The van der Waals surface area contributed by atoms with E-state index in [4.69, 9.17) is 11.6 Å². The van der Waals surface area contributed by atoms with Gasteiger partial charge in [-0.2, -0.15) is 5.10 Å². The van der Waals surface area contributed by atoms with Crippen LogP contribution in [-0.2, 0) is 19.9 Å². The first-order valence-corrected chi connectivity index (χ1v) is 6.86. The van der Waals surface area contributed by atoms with Crippen LogP contribution in [0.15, 0.2) is 0 Å². The van der Waals surface area contributed by atoms with Gasteiger partial charge in [-0.15, -0.1) is 0 Å². The highest BCUT2D eigenvalue weighted by atomic mass is 35.5. The SMILES string of the molecule is CCCC(CNC)Cc1c(Cl)c(CC)nn1C. The Hall–Kier alpha value is -0.540. The largest absolute Gasteiger partial charge is 0.319 e. The lowest BCUT2D eigenvalue weighted by molar-refractivity contribution is 0.443. The molecule has 1 aromatic rings. The molecule has 0 aliphatic carbocycles. The third-order valence-corrected chi connectivity index (χ3v) is 3.61. The first-order valence-electron chi connectivity index (χ1n) is 6.48. The average molecular weight is 258 g/mol. The third kappa shape index (κ3) is 3.71. The van der Waals surface area contributed by atoms with E-state index in [2.05, 4.69) is 24.3 Å². The number of hydrogen-bond donors (Lipinski definition) is 1. The molecule has 0 aromatic carbocycles. The number of nitrogens with one attached hydrogen (secondary N) is 1. The maximum absolute atomic E-state index is 6.37. The van der Waals surface area contributed by atoms with Crippen LogP contribution in [-0.4, -0.2) is 23.4 Å². The number of hydrogen-bond acceptors (Lipinski definition) is 2. The molecule has 1 atom stereocenters. The average Bonchev–Trinajstić information content (AvgIpc) is 2.57. The first-order chi connectivity index (χ1) is 8.13. The Labute approximate surface area is 110 Å². The van der Waals surface area contributed by atoms with E-state index < -0.39 is 0 Å². The molecule has 3 nitrogen and oxygen atoms in total. The fourth-order valence-electron chi connectivity index (χ4n) is 2.29. The van der Waals surface area contributed by atoms with Crippen LogP contribution in [0.1, 0.15) is 38.1 Å². The molecule has 1 aromatic heterocycles. The highest BCUT2D eigenvalue weighted by molar-refractivity contribution is 6.31. The summed E-state index contributed by atoms with van der Waals surface area (Å²) >= 11 is 6.37. The van der Waals surface area contributed by atoms with E-state index in [1.54, 1.807) is 0 Å². The Kier molecular flexibility index (Phi) is 6.00. The van der Waals surface area contributed by atoms with Gasteiger partial charge in [0.2, 0.25) is 0 Å². The molecule has 1 heterocycles. The van der Waals surface area contributed by atoms with Crippen molar-refractivity contribution in [1.82, 2.24) is 15.1 Å². The zero-order valence-electron chi connectivity index (χ0n) is 11.4. The fraction of sp³-hybridized carbons (Fsp3) is 0.769. The van der Waals surface area contributed by atoms with Crippen LogP contribution >= 0.6 is 11.6 Å². The molecule has 0 bridgehead atoms. The van der Waals surface area contributed by atoms with Gasteiger partial charge >= 0.3 is 0 Å². The molecule has 1 N–H and O–H groups in total. The molecule has 0 aliphatic rings. The van der Waals surface area contributed by atoms with E-state index in [0.29, 0.717) is 5.92 Å². The number of rotatable bonds is 7. The van der Waals surface area contributed by atoms with Gasteiger partial charge in [-0.1, -0.05) is 31.9 Å². The first kappa shape index (κ1) is 14.5. The van der Waals surface area contributed by atoms with Crippen LogP contribution in [0, 0.1) is 5.92 Å². The normalized spacial score (nSPS) is 13.0. The summed E-state index contributed by atoms with van der Waals surface area (Å²) in [5.41, 5.74) is 2.20. The third-order valence-electron chi connectivity index (χ3n) is 3.17. The topological polar surface area (TPSA) is 29.9 Å². The minimum atomic E-state index is 0.641. The standard InChI is InChI=1S/C13H24ClN3/c1-5-7-10(9-15-3)8-12-13(14)11(6-2)16-17(12)4/h10,15H,5-9H2,1-4H3. The summed E-state index contributed by atoms with van der Waals surface area (Å²) in [6, 6.07) is 0. The van der Waals surface area contributed by atoms with Crippen LogP contribution in [0.4, 0.5) is 0 Å². The van der Waals surface area contributed by atoms with Gasteiger partial charge < -0.3 is 5.32 Å². The zero-order chi connectivity index (χ0) is 12.8. The van der Waals surface area contributed by atoms with Gasteiger partial charge in [-0.25, -0.2) is 0 Å². The minimum Gasteiger partial charge on any atom is -0.319 e. The second-order valence-electron chi connectivity index (χ2n) is 4.60. The molecule has 0 fully saturated rings. The molecule has 0 saturated heterocycles. The van der Waals surface area contributed by atoms with Crippen LogP contribution in [0.2, 0.25) is 5.02 Å². The summed E-state index contributed by atoms with van der Waals surface area (Å²) < 4.78 is 1.94. The minimum absolute atomic E-state index is 0.641. The van der Waals surface area contributed by atoms with E-state index in [9.17, 15) is 0 Å². The lowest BCUT2D eigenvalue weighted by Crippen LogP contribution is -2.21. The van der Waals surface area contributed by atoms with Crippen LogP contribution in [0.25, 0.3) is 0 Å². The quantitative estimate of drug-likeness (QED) is 0.814. The molecule has 17 heavy (non-hydrogen) atoms. The molecule has 0 aliphatic heterocycles. The number of halogens is 1. The Balaban J connectivity index is 2.80. The number of aromatic nitrogens is 2. The second kappa shape index (κ2) is 7.02. The lowest BCUT2D eigenvalue weighted by atomic mass is 9.97. The maximum atomic E-state index is 6.37. The highest BCUT2D eigenvalue weighted by Gasteiger charge is 2.17. The van der Waals surface area contributed by atoms with Crippen molar-refractivity contribution in [3.8, 4) is 0 Å². The van der Waals surface area contributed by atoms with E-state index in [-0.39, 0.29) is 0 Å². The van der Waals surface area contributed by atoms with Crippen molar-refractivity contribution in [3.05, 3.63) is 16.4 Å². The summed E-state index contributed by atoms with van der Waals surface area (Å²) in [7, 11) is 3.99. The molecule has 1 unspecified atom stereocenters. The summed E-state index contributed by atoms with van der Waals surface area (Å²) in [6.07, 6.45) is 4.35. The van der Waals surface area contributed by atoms with Gasteiger partial charge in [0.25, 0.3) is 0 Å². The number of nitrogens with zero attached hydrogens (tertiary/aromatic N) is 2. The molecule has 0 amide bonds. The van der Waals surface area contributed by atoms with E-state index in [0.717, 1.165) is 30.1 Å². The summed E-state index contributed by atoms with van der Waals surface area (Å²) in [4.78, 5) is 0. The Bertz CT molecular complexity index is 341. The molecule has 98 valence electrons. The highest BCUT2D eigenvalue weighted by Crippen LogP contribution is 2.24. The van der Waals surface area contributed by atoms with Gasteiger partial charge in [0.1, 0.15) is 0 Å². The predicted octanol–water partition coefficient (Wildman–Crippen LogP) is 2.81. The van der Waals surface area contributed by atoms with Gasteiger partial charge in [-0.05, 0) is 38.8 Å². The summed E-state index contributed by atoms with van der Waals surface area (Å²) in [5, 5.41) is 8.59. The van der Waals surface area contributed by atoms with Crippen LogP contribution < -0.4 is 5.32 Å². The molecule has 1 rings (SSSR count). The fourth-order valence-corrected chi connectivity index (χ4v) is 2.66. The molecule has 0 spiro atoms. The molecule has 4 heteroatoms. The lowest BCUT2D eigenvalue weighted by Gasteiger charge is -2.15. The van der Waals surface area contributed by atoms with Crippen molar-refractivity contribution in [3.63, 3.8) is 0 Å². The predicted molar refractivity (Wildman–Crippen MR) is 73.6 cm³/mol.